The van der Waals surface area contributed by atoms with Crippen molar-refractivity contribution in [3.8, 4) is 5.69 Å². The zero-order valence-corrected chi connectivity index (χ0v) is 20.9. The lowest BCUT2D eigenvalue weighted by molar-refractivity contribution is -0.165. The predicted molar refractivity (Wildman–Crippen MR) is 129 cm³/mol. The Morgan fingerprint density at radius 2 is 2.05 bits per heavy atom. The van der Waals surface area contributed by atoms with Gasteiger partial charge >= 0.3 is 6.18 Å². The van der Waals surface area contributed by atoms with Crippen LogP contribution in [0.4, 0.5) is 34.9 Å². The van der Waals surface area contributed by atoms with Crippen LogP contribution in [-0.2, 0) is 20.5 Å². The number of ether oxygens (including phenoxy) is 1. The van der Waals surface area contributed by atoms with Gasteiger partial charge < -0.3 is 25.4 Å². The molecule has 3 aromatic heterocycles. The quantitative estimate of drug-likeness (QED) is 0.295. The number of benzene rings is 1. The molecular weight excluding hydrogens is 568 g/mol. The molecule has 13 nitrogen and oxygen atoms in total. The third kappa shape index (κ3) is 4.78. The first-order chi connectivity index (χ1) is 18.8. The molecule has 2 atom stereocenters. The first-order valence-electron chi connectivity index (χ1n) is 11.2. The highest BCUT2D eigenvalue weighted by Crippen LogP contribution is 2.33. The van der Waals surface area contributed by atoms with Crippen molar-refractivity contribution in [2.45, 2.75) is 24.8 Å². The highest BCUT2D eigenvalue weighted by atomic mass is 35.5. The summed E-state index contributed by atoms with van der Waals surface area (Å²) in [4.78, 5) is 27.1. The van der Waals surface area contributed by atoms with Gasteiger partial charge in [0.05, 0.1) is 41.6 Å². The van der Waals surface area contributed by atoms with Gasteiger partial charge in [-0.15, -0.1) is 10.2 Å². The predicted octanol–water partition coefficient (Wildman–Crippen LogP) is 2.32. The van der Waals surface area contributed by atoms with Crippen LogP contribution >= 0.6 is 11.6 Å². The Hall–Kier alpha value is -4.35. The number of carbonyl (C=O) groups is 2. The number of aliphatic hydroxyl groups is 1. The number of aromatic nitrogens is 5. The molecule has 1 saturated heterocycles. The lowest BCUT2D eigenvalue weighted by Gasteiger charge is -2.37. The van der Waals surface area contributed by atoms with E-state index in [4.69, 9.17) is 26.6 Å². The van der Waals surface area contributed by atoms with E-state index < -0.39 is 47.0 Å². The number of hydrogen-bond donors (Lipinski definition) is 3. The fraction of sp³-hybridized carbons (Fsp3) is 0.273. The van der Waals surface area contributed by atoms with E-state index in [9.17, 15) is 32.3 Å². The lowest BCUT2D eigenvalue weighted by atomic mass is 9.95. The molecule has 1 fully saturated rings. The smallest absolute Gasteiger partial charge is 0.380 e. The number of fused-ring (bicyclic) bond motifs is 1. The summed E-state index contributed by atoms with van der Waals surface area (Å²) in [6.07, 6.45) is -4.96. The molecule has 5 rings (SSSR count). The van der Waals surface area contributed by atoms with E-state index in [1.54, 1.807) is 0 Å². The van der Waals surface area contributed by atoms with Crippen LogP contribution in [-0.4, -0.2) is 66.9 Å². The van der Waals surface area contributed by atoms with Gasteiger partial charge in [-0.1, -0.05) is 16.8 Å². The summed E-state index contributed by atoms with van der Waals surface area (Å²) < 4.78 is 65.1. The third-order valence-electron chi connectivity index (χ3n) is 5.97. The van der Waals surface area contributed by atoms with E-state index in [2.05, 4.69) is 25.8 Å². The summed E-state index contributed by atoms with van der Waals surface area (Å²) in [5.74, 6) is -3.72. The number of nitrogens with two attached hydrogens (primary N) is 1. The van der Waals surface area contributed by atoms with Crippen LogP contribution in [0.25, 0.3) is 16.7 Å². The molecule has 0 radical (unpaired) electrons. The Balaban J connectivity index is 1.38. The number of rotatable bonds is 5. The van der Waals surface area contributed by atoms with Gasteiger partial charge in [-0.05, 0) is 19.1 Å². The summed E-state index contributed by atoms with van der Waals surface area (Å²) >= 11 is 6.17. The van der Waals surface area contributed by atoms with Gasteiger partial charge in [-0.2, -0.15) is 18.3 Å². The van der Waals surface area contributed by atoms with Crippen LogP contribution < -0.4 is 16.0 Å². The third-order valence-corrected chi connectivity index (χ3v) is 6.27. The van der Waals surface area contributed by atoms with Gasteiger partial charge in [-0.3, -0.25) is 14.5 Å². The van der Waals surface area contributed by atoms with Crippen LogP contribution in [0.15, 0.2) is 35.1 Å². The number of nitrogens with one attached hydrogen (secondary N) is 1. The average Bonchev–Trinajstić information content (AvgIpc) is 3.46. The zero-order chi connectivity index (χ0) is 29.0. The first-order valence-corrected chi connectivity index (χ1v) is 11.6. The van der Waals surface area contributed by atoms with Crippen LogP contribution in [0.5, 0.6) is 0 Å². The molecule has 4 heterocycles. The Kier molecular flexibility index (Phi) is 6.59. The molecule has 0 aliphatic carbocycles. The van der Waals surface area contributed by atoms with Crippen molar-refractivity contribution in [3.63, 3.8) is 0 Å². The molecule has 18 heteroatoms. The average molecular weight is 585 g/mol. The Morgan fingerprint density at radius 3 is 2.77 bits per heavy atom. The molecule has 0 spiro atoms. The highest BCUT2D eigenvalue weighted by Gasteiger charge is 2.49. The number of hydrogen-bond acceptors (Lipinski definition) is 10. The molecule has 1 aliphatic rings. The topological polar surface area (TPSA) is 175 Å². The Bertz CT molecular complexity index is 1640. The molecule has 40 heavy (non-hydrogen) atoms. The van der Waals surface area contributed by atoms with Crippen LogP contribution in [0, 0.1) is 5.82 Å². The monoisotopic (exact) mass is 584 g/mol. The van der Waals surface area contributed by atoms with Crippen LogP contribution in [0.3, 0.4) is 0 Å². The maximum atomic E-state index is 14.9. The first kappa shape index (κ1) is 27.2. The number of anilines is 3. The molecule has 1 aromatic carbocycles. The van der Waals surface area contributed by atoms with E-state index in [0.29, 0.717) is 11.5 Å². The van der Waals surface area contributed by atoms with Crippen molar-refractivity contribution in [1.29, 1.82) is 0 Å². The van der Waals surface area contributed by atoms with Crippen molar-refractivity contribution in [3.05, 3.63) is 47.1 Å². The van der Waals surface area contributed by atoms with Crippen LogP contribution in [0.2, 0.25) is 5.02 Å². The van der Waals surface area contributed by atoms with Crippen molar-refractivity contribution in [2.24, 2.45) is 0 Å². The number of alkyl halides is 3. The number of nitrogens with zero attached hydrogens (tertiary/aromatic N) is 6. The molecule has 4 aromatic rings. The summed E-state index contributed by atoms with van der Waals surface area (Å²) in [7, 11) is 0. The SMILES string of the molecule is CC(O)(C(=O)Nc1cc(Cl)c2c(N)noc2c1)[C@H]1OCCN(c2nn(-c3cnnc(C(F)(F)F)c3)cc2F)C1=O. The fourth-order valence-electron chi connectivity index (χ4n) is 3.97. The largest absolute Gasteiger partial charge is 0.435 e. The van der Waals surface area contributed by atoms with Gasteiger partial charge in [-0.25, -0.2) is 9.07 Å². The molecule has 0 bridgehead atoms. The maximum Gasteiger partial charge on any atom is 0.435 e. The normalized spacial score (nSPS) is 17.7. The second kappa shape index (κ2) is 9.68. The summed E-state index contributed by atoms with van der Waals surface area (Å²) in [5, 5.41) is 27.6. The molecule has 1 aliphatic heterocycles. The molecule has 210 valence electrons. The standard InChI is InChI=1S/C22H17ClF4N8O5/c1-21(38,20(37)30-9-4-11(23)15-13(5-9)40-33-17(15)28)16-19(36)34(2-3-39-16)18-12(24)8-35(32-18)10-6-14(22(25,26)27)31-29-7-10/h4-8,16,38H,2-3H2,1H3,(H2,28,33)(H,30,37)/t16-,21?/m0/s1. The fourth-order valence-corrected chi connectivity index (χ4v) is 4.28. The summed E-state index contributed by atoms with van der Waals surface area (Å²) in [6.45, 7) is 0.538. The zero-order valence-electron chi connectivity index (χ0n) is 20.1. The minimum atomic E-state index is -4.81. The van der Waals surface area contributed by atoms with Crippen molar-refractivity contribution in [2.75, 3.05) is 29.1 Å². The van der Waals surface area contributed by atoms with Crippen molar-refractivity contribution >= 4 is 51.7 Å². The lowest BCUT2D eigenvalue weighted by Crippen LogP contribution is -2.61. The Morgan fingerprint density at radius 1 is 1.30 bits per heavy atom. The number of halogens is 5. The van der Waals surface area contributed by atoms with Gasteiger partial charge in [0.15, 0.2) is 40.4 Å². The van der Waals surface area contributed by atoms with E-state index in [-0.39, 0.29) is 40.9 Å². The van der Waals surface area contributed by atoms with E-state index >= 15 is 0 Å². The summed E-state index contributed by atoms with van der Waals surface area (Å²) in [5.41, 5.74) is 1.80. The van der Waals surface area contributed by atoms with Crippen LogP contribution in [0.1, 0.15) is 12.6 Å². The van der Waals surface area contributed by atoms with Gasteiger partial charge in [0, 0.05) is 11.8 Å². The van der Waals surface area contributed by atoms with Crippen molar-refractivity contribution < 1.29 is 41.5 Å². The number of carbonyl (C=O) groups excluding carboxylic acids is 2. The number of amides is 2. The minimum Gasteiger partial charge on any atom is -0.380 e. The van der Waals surface area contributed by atoms with E-state index in [1.807, 2.05) is 0 Å². The maximum absolute atomic E-state index is 14.9. The van der Waals surface area contributed by atoms with Crippen molar-refractivity contribution in [1.82, 2.24) is 25.1 Å². The second-order valence-corrected chi connectivity index (χ2v) is 9.19. The highest BCUT2D eigenvalue weighted by molar-refractivity contribution is 6.36. The number of nitrogen functional groups attached to an aromatic ring is 1. The minimum absolute atomic E-state index is 0.0295. The van der Waals surface area contributed by atoms with Gasteiger partial charge in [0.25, 0.3) is 11.8 Å². The second-order valence-electron chi connectivity index (χ2n) is 8.78. The van der Waals surface area contributed by atoms with E-state index in [1.165, 1.54) is 12.1 Å². The van der Waals surface area contributed by atoms with Gasteiger partial charge in [0.1, 0.15) is 0 Å². The molecule has 2 amide bonds. The molecule has 0 saturated carbocycles. The molecule has 1 unspecified atom stereocenters. The van der Waals surface area contributed by atoms with Gasteiger partial charge in [0.2, 0.25) is 0 Å². The molecular formula is C22H17ClF4N8O5. The molecule has 4 N–H and O–H groups in total. The number of morpholine rings is 1. The Labute approximate surface area is 225 Å². The van der Waals surface area contributed by atoms with E-state index in [0.717, 1.165) is 28.9 Å². The summed E-state index contributed by atoms with van der Waals surface area (Å²) in [6, 6.07) is 3.26.